The van der Waals surface area contributed by atoms with Crippen molar-refractivity contribution in [1.29, 1.82) is 0 Å². The van der Waals surface area contributed by atoms with Crippen LogP contribution in [0.15, 0.2) is 24.2 Å². The maximum absolute atomic E-state index is 5.36. The van der Waals surface area contributed by atoms with E-state index in [0.717, 1.165) is 5.58 Å². The number of hydrogen-bond acceptors (Lipinski definition) is 1. The minimum absolute atomic E-state index is 0.822. The monoisotopic (exact) mass is 91.1 g/mol. The van der Waals surface area contributed by atoms with Crippen molar-refractivity contribution >= 4 is 12.5 Å². The van der Waals surface area contributed by atoms with Crippen LogP contribution in [0.3, 0.4) is 0 Å². The molecule has 0 aliphatic heterocycles. The van der Waals surface area contributed by atoms with Gasteiger partial charge in [0.05, 0.1) is 0 Å². The first-order valence-corrected chi connectivity index (χ1v) is 2.20. The molecule has 0 atom stereocenters. The van der Waals surface area contributed by atoms with E-state index in [9.17, 15) is 0 Å². The van der Waals surface area contributed by atoms with Crippen LogP contribution in [0.2, 0.25) is 0 Å². The average Bonchev–Trinajstić information content (AvgIpc) is 1.69. The summed E-state index contributed by atoms with van der Waals surface area (Å²) >= 11 is 0. The molecule has 0 aliphatic rings. The second kappa shape index (κ2) is 1.78. The molecule has 7 heavy (non-hydrogen) atoms. The third-order valence-electron chi connectivity index (χ3n) is 0.800. The van der Waals surface area contributed by atoms with Crippen LogP contribution in [0.5, 0.6) is 0 Å². The van der Waals surface area contributed by atoms with Crippen molar-refractivity contribution in [3.8, 4) is 0 Å². The molecule has 0 aromatic carbocycles. The second-order valence-corrected chi connectivity index (χ2v) is 1.41. The first kappa shape index (κ1) is 4.38. The summed E-state index contributed by atoms with van der Waals surface area (Å²) in [7, 11) is 0. The predicted octanol–water partition coefficient (Wildman–Crippen LogP) is 0.607. The summed E-state index contributed by atoms with van der Waals surface area (Å²) in [5.74, 6) is 1.91. The van der Waals surface area contributed by atoms with E-state index >= 15 is 0 Å². The number of rotatable bonds is 0. The molecule has 0 saturated carbocycles. The van der Waals surface area contributed by atoms with Crippen LogP contribution in [0.25, 0.3) is 0 Å². The van der Waals surface area contributed by atoms with Gasteiger partial charge in [0.25, 0.3) is 0 Å². The van der Waals surface area contributed by atoms with Crippen LogP contribution in [0.4, 0.5) is 5.58 Å². The van der Waals surface area contributed by atoms with Crippen LogP contribution in [-0.2, 0) is 0 Å². The zero-order valence-corrected chi connectivity index (χ0v) is 3.96. The van der Waals surface area contributed by atoms with E-state index in [-0.39, 0.29) is 0 Å². The topological polar surface area (TPSA) is 26.0 Å². The summed E-state index contributed by atoms with van der Waals surface area (Å²) in [4.78, 5) is 0. The van der Waals surface area contributed by atoms with Crippen molar-refractivity contribution < 1.29 is 0 Å². The molecular formula is C5H6BN. The van der Waals surface area contributed by atoms with Crippen molar-refractivity contribution in [2.45, 2.75) is 0 Å². The van der Waals surface area contributed by atoms with Crippen LogP contribution < -0.4 is 5.73 Å². The Hall–Kier alpha value is -0.785. The van der Waals surface area contributed by atoms with Gasteiger partial charge in [0.15, 0.2) is 0 Å². The molecule has 2 N–H and O–H groups in total. The van der Waals surface area contributed by atoms with Gasteiger partial charge in [0.2, 0.25) is 0 Å². The Morgan fingerprint density at radius 1 is 1.43 bits per heavy atom. The zero-order valence-electron chi connectivity index (χ0n) is 3.96. The fraction of sp³-hybridized carbons (Fsp3) is 0. The van der Waals surface area contributed by atoms with Gasteiger partial charge in [0, 0.05) is 0 Å². The molecule has 1 aromatic rings. The minimum atomic E-state index is 0.822. The first-order chi connectivity index (χ1) is 3.39. The normalized spacial score (nSPS) is 8.00. The van der Waals surface area contributed by atoms with E-state index < -0.39 is 0 Å². The molecule has 0 unspecified atom stereocenters. The van der Waals surface area contributed by atoms with Crippen molar-refractivity contribution in [2.75, 3.05) is 5.73 Å². The van der Waals surface area contributed by atoms with Gasteiger partial charge in [-0.1, -0.05) is 0 Å². The number of nitrogen functional groups attached to an aromatic ring is 1. The van der Waals surface area contributed by atoms with E-state index in [4.69, 9.17) is 5.73 Å². The van der Waals surface area contributed by atoms with E-state index in [1.54, 1.807) is 0 Å². The van der Waals surface area contributed by atoms with E-state index in [1.807, 2.05) is 31.1 Å². The number of nitrogens with two attached hydrogens (primary N) is 1. The Kier molecular flexibility index (Phi) is 1.11. The van der Waals surface area contributed by atoms with Gasteiger partial charge in [-0.3, -0.25) is 0 Å². The quantitative estimate of drug-likeness (QED) is 0.497. The van der Waals surface area contributed by atoms with Crippen molar-refractivity contribution in [2.24, 2.45) is 0 Å². The van der Waals surface area contributed by atoms with Gasteiger partial charge < -0.3 is 0 Å². The summed E-state index contributed by atoms with van der Waals surface area (Å²) in [5, 5.41) is 0. The van der Waals surface area contributed by atoms with Crippen LogP contribution in [0.1, 0.15) is 0 Å². The Morgan fingerprint density at radius 2 is 2.29 bits per heavy atom. The predicted molar refractivity (Wildman–Crippen MR) is 32.2 cm³/mol. The van der Waals surface area contributed by atoms with Gasteiger partial charge in [-0.05, 0) is 0 Å². The molecule has 1 aromatic heterocycles. The molecule has 1 rings (SSSR count). The van der Waals surface area contributed by atoms with E-state index in [1.165, 1.54) is 0 Å². The van der Waals surface area contributed by atoms with Crippen LogP contribution in [0, 0.1) is 0 Å². The standard InChI is InChI=1S/C5H6BN/c7-5-3-1-2-4-6-5/h1-4H,7H2. The molecule has 0 radical (unpaired) electrons. The summed E-state index contributed by atoms with van der Waals surface area (Å²) < 4.78 is 0. The molecule has 0 amide bonds. The molecule has 34 valence electrons. The fourth-order valence-corrected chi connectivity index (χ4v) is 0.453. The Morgan fingerprint density at radius 3 is 2.57 bits per heavy atom. The molecule has 1 heterocycles. The fourth-order valence-electron chi connectivity index (χ4n) is 0.453. The van der Waals surface area contributed by atoms with Crippen LogP contribution in [-0.4, -0.2) is 6.91 Å². The SMILES string of the molecule is Nc1bcccc1. The summed E-state index contributed by atoms with van der Waals surface area (Å²) in [6, 6.07) is 5.71. The van der Waals surface area contributed by atoms with E-state index in [0.29, 0.717) is 0 Å². The number of hydrogen-bond donors (Lipinski definition) is 1. The Balaban J connectivity index is 3.02. The molecule has 0 fully saturated rings. The van der Waals surface area contributed by atoms with Crippen molar-refractivity contribution in [3.05, 3.63) is 24.2 Å². The second-order valence-electron chi connectivity index (χ2n) is 1.41. The zero-order chi connectivity index (χ0) is 5.11. The van der Waals surface area contributed by atoms with Crippen LogP contribution >= 0.6 is 0 Å². The molecule has 1 nitrogen and oxygen atoms in total. The maximum atomic E-state index is 5.36. The van der Waals surface area contributed by atoms with Gasteiger partial charge in [-0.25, -0.2) is 0 Å². The van der Waals surface area contributed by atoms with Gasteiger partial charge in [-0.15, -0.1) is 0 Å². The Bertz CT molecular complexity index is 138. The molecule has 0 spiro atoms. The first-order valence-electron chi connectivity index (χ1n) is 2.20. The van der Waals surface area contributed by atoms with E-state index in [2.05, 4.69) is 0 Å². The van der Waals surface area contributed by atoms with Crippen molar-refractivity contribution in [3.63, 3.8) is 0 Å². The molecule has 2 heteroatoms. The van der Waals surface area contributed by atoms with Crippen molar-refractivity contribution in [1.82, 2.24) is 0 Å². The summed E-state index contributed by atoms with van der Waals surface area (Å²) in [5.41, 5.74) is 6.18. The summed E-state index contributed by atoms with van der Waals surface area (Å²) in [6.45, 7) is 1.86. The molecule has 0 aliphatic carbocycles. The summed E-state index contributed by atoms with van der Waals surface area (Å²) in [6.07, 6.45) is 0. The molecule has 0 bridgehead atoms. The Labute approximate surface area is 43.4 Å². The third kappa shape index (κ3) is 1.04. The van der Waals surface area contributed by atoms with Gasteiger partial charge in [0.1, 0.15) is 0 Å². The average molecular weight is 90.9 g/mol. The number of anilines is 1. The molecular weight excluding hydrogens is 84.9 g/mol. The molecule has 0 saturated heterocycles. The van der Waals surface area contributed by atoms with Gasteiger partial charge >= 0.3 is 42.4 Å². The van der Waals surface area contributed by atoms with Gasteiger partial charge in [-0.2, -0.15) is 0 Å². The third-order valence-corrected chi connectivity index (χ3v) is 0.800.